The highest BCUT2D eigenvalue weighted by molar-refractivity contribution is 6.35. The van der Waals surface area contributed by atoms with Crippen LogP contribution in [0.25, 0.3) is 0 Å². The van der Waals surface area contributed by atoms with E-state index >= 15 is 0 Å². The third kappa shape index (κ3) is 14.2. The molecule has 7 nitrogen and oxygen atoms in total. The van der Waals surface area contributed by atoms with Crippen LogP contribution in [0.3, 0.4) is 0 Å². The van der Waals surface area contributed by atoms with Crippen LogP contribution in [-0.2, 0) is 9.59 Å². The SMILES string of the molecule is CCCCCCCCCCCCCCNC(=O)C(=O)NCCOc1ccc(Oc2ccc(O)cc2)cc1. The van der Waals surface area contributed by atoms with Gasteiger partial charge >= 0.3 is 11.8 Å². The van der Waals surface area contributed by atoms with E-state index in [4.69, 9.17) is 9.47 Å². The van der Waals surface area contributed by atoms with Crippen LogP contribution in [0.5, 0.6) is 23.0 Å². The summed E-state index contributed by atoms with van der Waals surface area (Å²) in [5.74, 6) is 0.824. The molecule has 2 aromatic rings. The zero-order chi connectivity index (χ0) is 26.6. The number of aromatic hydroxyl groups is 1. The van der Waals surface area contributed by atoms with E-state index < -0.39 is 11.8 Å². The number of carbonyl (C=O) groups excluding carboxylic acids is 2. The fraction of sp³-hybridized carbons (Fsp3) is 0.533. The highest BCUT2D eigenvalue weighted by atomic mass is 16.5. The van der Waals surface area contributed by atoms with Crippen LogP contribution in [0, 0.1) is 0 Å². The second kappa shape index (κ2) is 19.0. The molecule has 0 spiro atoms. The number of hydrogen-bond acceptors (Lipinski definition) is 5. The van der Waals surface area contributed by atoms with Crippen molar-refractivity contribution in [1.82, 2.24) is 10.6 Å². The Bertz CT molecular complexity index is 884. The van der Waals surface area contributed by atoms with E-state index in [9.17, 15) is 14.7 Å². The molecule has 37 heavy (non-hydrogen) atoms. The van der Waals surface area contributed by atoms with E-state index in [1.54, 1.807) is 48.5 Å². The molecular weight excluding hydrogens is 468 g/mol. The standard InChI is InChI=1S/C30H44N2O5/c1-2-3-4-5-6-7-8-9-10-11-12-13-22-31-29(34)30(35)32-23-24-36-26-18-20-28(21-19-26)37-27-16-14-25(33)15-17-27/h14-21,33H,2-13,22-24H2,1H3,(H,31,34)(H,32,35). The number of nitrogens with one attached hydrogen (secondary N) is 2. The molecule has 0 aliphatic carbocycles. The van der Waals surface area contributed by atoms with E-state index in [1.165, 1.54) is 64.2 Å². The molecule has 3 N–H and O–H groups in total. The largest absolute Gasteiger partial charge is 0.508 e. The van der Waals surface area contributed by atoms with Crippen LogP contribution in [0.1, 0.15) is 84.0 Å². The normalized spacial score (nSPS) is 10.6. The van der Waals surface area contributed by atoms with Gasteiger partial charge in [0, 0.05) is 6.54 Å². The maximum atomic E-state index is 11.9. The molecule has 0 fully saturated rings. The van der Waals surface area contributed by atoms with Gasteiger partial charge in [-0.1, -0.05) is 77.6 Å². The van der Waals surface area contributed by atoms with Gasteiger partial charge in [-0.05, 0) is 55.0 Å². The van der Waals surface area contributed by atoms with Crippen molar-refractivity contribution in [1.29, 1.82) is 0 Å². The van der Waals surface area contributed by atoms with Gasteiger partial charge in [-0.25, -0.2) is 0 Å². The molecule has 2 amide bonds. The third-order valence-corrected chi connectivity index (χ3v) is 6.07. The first-order valence-electron chi connectivity index (χ1n) is 13.8. The fourth-order valence-corrected chi connectivity index (χ4v) is 3.92. The molecule has 0 saturated carbocycles. The van der Waals surface area contributed by atoms with Gasteiger partial charge in [0.2, 0.25) is 0 Å². The third-order valence-electron chi connectivity index (χ3n) is 6.07. The Labute approximate surface area is 222 Å². The molecule has 2 aromatic carbocycles. The summed E-state index contributed by atoms with van der Waals surface area (Å²) in [6.45, 7) is 3.25. The molecule has 7 heteroatoms. The predicted octanol–water partition coefficient (Wildman–Crippen LogP) is 6.50. The summed E-state index contributed by atoms with van der Waals surface area (Å²) in [5, 5.41) is 14.6. The molecule has 0 saturated heterocycles. The summed E-state index contributed by atoms with van der Waals surface area (Å²) >= 11 is 0. The van der Waals surface area contributed by atoms with Crippen molar-refractivity contribution >= 4 is 11.8 Å². The van der Waals surface area contributed by atoms with Crippen molar-refractivity contribution < 1.29 is 24.2 Å². The van der Waals surface area contributed by atoms with Crippen LogP contribution in [0.2, 0.25) is 0 Å². The highest BCUT2D eigenvalue weighted by Gasteiger charge is 2.11. The first-order valence-corrected chi connectivity index (χ1v) is 13.8. The van der Waals surface area contributed by atoms with Gasteiger partial charge in [0.25, 0.3) is 0 Å². The van der Waals surface area contributed by atoms with Crippen molar-refractivity contribution in [2.24, 2.45) is 0 Å². The zero-order valence-corrected chi connectivity index (χ0v) is 22.3. The van der Waals surface area contributed by atoms with Crippen LogP contribution >= 0.6 is 0 Å². The minimum Gasteiger partial charge on any atom is -0.508 e. The molecule has 204 valence electrons. The van der Waals surface area contributed by atoms with Crippen LogP contribution in [-0.4, -0.2) is 36.6 Å². The molecule has 0 aromatic heterocycles. The van der Waals surface area contributed by atoms with E-state index in [-0.39, 0.29) is 18.9 Å². The van der Waals surface area contributed by atoms with Gasteiger partial charge in [0.1, 0.15) is 29.6 Å². The molecule has 0 bridgehead atoms. The average Bonchev–Trinajstić information content (AvgIpc) is 2.91. The van der Waals surface area contributed by atoms with Gasteiger partial charge < -0.3 is 25.2 Å². The summed E-state index contributed by atoms with van der Waals surface area (Å²) in [5.41, 5.74) is 0. The molecule has 0 aliphatic heterocycles. The number of unbranched alkanes of at least 4 members (excludes halogenated alkanes) is 11. The number of ether oxygens (including phenoxy) is 2. The fourth-order valence-electron chi connectivity index (χ4n) is 3.92. The predicted molar refractivity (Wildman–Crippen MR) is 147 cm³/mol. The summed E-state index contributed by atoms with van der Waals surface area (Å²) in [6.07, 6.45) is 15.2. The number of rotatable bonds is 19. The summed E-state index contributed by atoms with van der Waals surface area (Å²) < 4.78 is 11.3. The van der Waals surface area contributed by atoms with Crippen LogP contribution < -0.4 is 20.1 Å². The van der Waals surface area contributed by atoms with E-state index in [2.05, 4.69) is 17.6 Å². The van der Waals surface area contributed by atoms with Crippen LogP contribution in [0.4, 0.5) is 0 Å². The summed E-state index contributed by atoms with van der Waals surface area (Å²) in [6, 6.07) is 13.5. The Morgan fingerprint density at radius 2 is 1.05 bits per heavy atom. The van der Waals surface area contributed by atoms with Gasteiger partial charge in [-0.2, -0.15) is 0 Å². The quantitative estimate of drug-likeness (QED) is 0.148. The number of benzene rings is 2. The Balaban J connectivity index is 1.44. The van der Waals surface area contributed by atoms with Crippen molar-refractivity contribution in [2.75, 3.05) is 19.7 Å². The molecule has 0 aliphatic rings. The smallest absolute Gasteiger partial charge is 0.309 e. The minimum absolute atomic E-state index is 0.181. The summed E-state index contributed by atoms with van der Waals surface area (Å²) in [7, 11) is 0. The van der Waals surface area contributed by atoms with Gasteiger partial charge in [0.15, 0.2) is 0 Å². The van der Waals surface area contributed by atoms with Gasteiger partial charge in [0.05, 0.1) is 6.54 Å². The van der Waals surface area contributed by atoms with Gasteiger partial charge in [-0.15, -0.1) is 0 Å². The number of carbonyl (C=O) groups is 2. The maximum Gasteiger partial charge on any atom is 0.309 e. The molecule has 0 atom stereocenters. The minimum atomic E-state index is -0.639. The monoisotopic (exact) mass is 512 g/mol. The first kappa shape index (κ1) is 30.0. The zero-order valence-electron chi connectivity index (χ0n) is 22.3. The molecular formula is C30H44N2O5. The Morgan fingerprint density at radius 1 is 0.622 bits per heavy atom. The lowest BCUT2D eigenvalue weighted by Crippen LogP contribution is -2.41. The Kier molecular flexibility index (Phi) is 15.4. The lowest BCUT2D eigenvalue weighted by Gasteiger charge is -2.10. The van der Waals surface area contributed by atoms with Crippen LogP contribution in [0.15, 0.2) is 48.5 Å². The van der Waals surface area contributed by atoms with Crippen molar-refractivity contribution in [3.05, 3.63) is 48.5 Å². The number of hydrogen-bond donors (Lipinski definition) is 3. The van der Waals surface area contributed by atoms with Gasteiger partial charge in [-0.3, -0.25) is 9.59 Å². The average molecular weight is 513 g/mol. The number of phenols is 1. The van der Waals surface area contributed by atoms with Crippen molar-refractivity contribution in [3.63, 3.8) is 0 Å². The topological polar surface area (TPSA) is 96.9 Å². The van der Waals surface area contributed by atoms with E-state index in [0.717, 1.165) is 12.8 Å². The molecule has 2 rings (SSSR count). The van der Waals surface area contributed by atoms with Crippen molar-refractivity contribution in [2.45, 2.75) is 84.0 Å². The highest BCUT2D eigenvalue weighted by Crippen LogP contribution is 2.25. The van der Waals surface area contributed by atoms with E-state index in [1.807, 2.05) is 0 Å². The van der Waals surface area contributed by atoms with E-state index in [0.29, 0.717) is 23.8 Å². The first-order chi connectivity index (χ1) is 18.1. The molecule has 0 heterocycles. The molecule has 0 radical (unpaired) electrons. The second-order valence-corrected chi connectivity index (χ2v) is 9.32. The lowest BCUT2D eigenvalue weighted by atomic mass is 10.1. The summed E-state index contributed by atoms with van der Waals surface area (Å²) in [4.78, 5) is 23.9. The Morgan fingerprint density at radius 3 is 1.59 bits per heavy atom. The Hall–Kier alpha value is -3.22. The lowest BCUT2D eigenvalue weighted by molar-refractivity contribution is -0.139. The second-order valence-electron chi connectivity index (χ2n) is 9.32. The maximum absolute atomic E-state index is 11.9. The number of phenolic OH excluding ortho intramolecular Hbond substituents is 1. The van der Waals surface area contributed by atoms with Crippen molar-refractivity contribution in [3.8, 4) is 23.0 Å². The number of amides is 2. The molecule has 0 unspecified atom stereocenters.